The van der Waals surface area contributed by atoms with Crippen molar-refractivity contribution in [3.63, 3.8) is 0 Å². The van der Waals surface area contributed by atoms with Crippen LogP contribution < -0.4 is 4.90 Å². The standard InChI is InChI=1S/C15H16ClN3O2/c16-13-14(18-12-4-2-1-3-11(12)17-13)19-7-5-15(6-8-19)20-9-10-21-15/h1-4H,5-10H2. The van der Waals surface area contributed by atoms with E-state index in [9.17, 15) is 0 Å². The summed E-state index contributed by atoms with van der Waals surface area (Å²) in [6.45, 7) is 3.01. The number of aromatic nitrogens is 2. The first kappa shape index (κ1) is 13.2. The number of halogens is 1. The predicted molar refractivity (Wildman–Crippen MR) is 80.6 cm³/mol. The zero-order chi connectivity index (χ0) is 14.3. The van der Waals surface area contributed by atoms with Gasteiger partial charge in [0.05, 0.1) is 24.2 Å². The molecule has 0 aliphatic carbocycles. The van der Waals surface area contributed by atoms with Crippen LogP contribution in [-0.4, -0.2) is 42.1 Å². The first-order chi connectivity index (χ1) is 10.3. The molecule has 2 aromatic rings. The van der Waals surface area contributed by atoms with Crippen LogP contribution in [0.2, 0.25) is 5.15 Å². The van der Waals surface area contributed by atoms with Crippen molar-refractivity contribution in [2.24, 2.45) is 0 Å². The van der Waals surface area contributed by atoms with Gasteiger partial charge in [-0.2, -0.15) is 0 Å². The third-order valence-corrected chi connectivity index (χ3v) is 4.40. The van der Waals surface area contributed by atoms with Crippen LogP contribution in [0.5, 0.6) is 0 Å². The first-order valence-electron chi connectivity index (χ1n) is 7.21. The van der Waals surface area contributed by atoms with Crippen LogP contribution in [0.4, 0.5) is 5.82 Å². The summed E-state index contributed by atoms with van der Waals surface area (Å²) < 4.78 is 11.5. The van der Waals surface area contributed by atoms with Crippen molar-refractivity contribution in [2.45, 2.75) is 18.6 Å². The van der Waals surface area contributed by atoms with Gasteiger partial charge in [-0.05, 0) is 12.1 Å². The molecule has 1 spiro atoms. The van der Waals surface area contributed by atoms with Gasteiger partial charge in [0.15, 0.2) is 16.8 Å². The monoisotopic (exact) mass is 305 g/mol. The van der Waals surface area contributed by atoms with E-state index in [1.54, 1.807) is 0 Å². The average molecular weight is 306 g/mol. The van der Waals surface area contributed by atoms with Gasteiger partial charge in [-0.15, -0.1) is 0 Å². The Morgan fingerprint density at radius 2 is 1.62 bits per heavy atom. The number of benzene rings is 1. The molecule has 0 N–H and O–H groups in total. The molecule has 0 unspecified atom stereocenters. The largest absolute Gasteiger partial charge is 0.354 e. The third-order valence-electron chi connectivity index (χ3n) is 4.15. The van der Waals surface area contributed by atoms with Gasteiger partial charge in [0, 0.05) is 25.9 Å². The van der Waals surface area contributed by atoms with Crippen molar-refractivity contribution >= 4 is 28.5 Å². The maximum atomic E-state index is 6.31. The lowest BCUT2D eigenvalue weighted by atomic mass is 10.0. The number of anilines is 1. The molecule has 1 aromatic heterocycles. The van der Waals surface area contributed by atoms with Gasteiger partial charge in [-0.1, -0.05) is 23.7 Å². The van der Waals surface area contributed by atoms with Crippen molar-refractivity contribution in [3.05, 3.63) is 29.4 Å². The van der Waals surface area contributed by atoms with Gasteiger partial charge >= 0.3 is 0 Å². The second-order valence-corrected chi connectivity index (χ2v) is 5.78. The minimum Gasteiger partial charge on any atom is -0.354 e. The zero-order valence-electron chi connectivity index (χ0n) is 11.6. The smallest absolute Gasteiger partial charge is 0.172 e. The number of ether oxygens (including phenoxy) is 2. The maximum Gasteiger partial charge on any atom is 0.172 e. The van der Waals surface area contributed by atoms with Gasteiger partial charge in [-0.3, -0.25) is 0 Å². The number of fused-ring (bicyclic) bond motifs is 1. The number of hydrogen-bond acceptors (Lipinski definition) is 5. The molecule has 1 aromatic carbocycles. The molecule has 0 radical (unpaired) electrons. The van der Waals surface area contributed by atoms with E-state index in [-0.39, 0.29) is 5.79 Å². The minimum absolute atomic E-state index is 0.382. The van der Waals surface area contributed by atoms with Crippen molar-refractivity contribution in [1.29, 1.82) is 0 Å². The lowest BCUT2D eigenvalue weighted by Gasteiger charge is -2.38. The summed E-state index contributed by atoms with van der Waals surface area (Å²) >= 11 is 6.31. The summed E-state index contributed by atoms with van der Waals surface area (Å²) in [6.07, 6.45) is 1.66. The van der Waals surface area contributed by atoms with Gasteiger partial charge in [0.25, 0.3) is 0 Å². The second kappa shape index (κ2) is 5.09. The lowest BCUT2D eigenvalue weighted by molar-refractivity contribution is -0.169. The normalized spacial score (nSPS) is 21.3. The number of para-hydroxylation sites is 2. The van der Waals surface area contributed by atoms with E-state index in [0.29, 0.717) is 18.4 Å². The molecule has 110 valence electrons. The Bertz CT molecular complexity index is 663. The number of piperidine rings is 1. The van der Waals surface area contributed by atoms with Crippen molar-refractivity contribution < 1.29 is 9.47 Å². The highest BCUT2D eigenvalue weighted by Crippen LogP contribution is 2.34. The van der Waals surface area contributed by atoms with Gasteiger partial charge in [-0.25, -0.2) is 9.97 Å². The van der Waals surface area contributed by atoms with Crippen LogP contribution in [0.1, 0.15) is 12.8 Å². The van der Waals surface area contributed by atoms with Crippen LogP contribution in [-0.2, 0) is 9.47 Å². The van der Waals surface area contributed by atoms with E-state index in [1.807, 2.05) is 24.3 Å². The highest BCUT2D eigenvalue weighted by atomic mass is 35.5. The van der Waals surface area contributed by atoms with E-state index < -0.39 is 0 Å². The van der Waals surface area contributed by atoms with Crippen LogP contribution in [0.25, 0.3) is 11.0 Å². The summed E-state index contributed by atoms with van der Waals surface area (Å²) in [7, 11) is 0. The zero-order valence-corrected chi connectivity index (χ0v) is 12.3. The van der Waals surface area contributed by atoms with Crippen LogP contribution >= 0.6 is 11.6 Å². The Labute approximate surface area is 127 Å². The molecule has 4 rings (SSSR count). The highest BCUT2D eigenvalue weighted by molar-refractivity contribution is 6.32. The topological polar surface area (TPSA) is 47.5 Å². The van der Waals surface area contributed by atoms with Crippen LogP contribution in [0, 0.1) is 0 Å². The first-order valence-corrected chi connectivity index (χ1v) is 7.59. The molecule has 21 heavy (non-hydrogen) atoms. The maximum absolute atomic E-state index is 6.31. The van der Waals surface area contributed by atoms with Gasteiger partial charge in [0.2, 0.25) is 0 Å². The Morgan fingerprint density at radius 3 is 2.29 bits per heavy atom. The number of nitrogens with zero attached hydrogens (tertiary/aromatic N) is 3. The molecular formula is C15H16ClN3O2. The molecule has 5 nitrogen and oxygen atoms in total. The molecule has 2 fully saturated rings. The summed E-state index contributed by atoms with van der Waals surface area (Å²) in [5, 5.41) is 0.456. The Kier molecular flexibility index (Phi) is 3.21. The number of rotatable bonds is 1. The molecule has 0 saturated carbocycles. The quantitative estimate of drug-likeness (QED) is 0.810. The molecular weight excluding hydrogens is 290 g/mol. The fraction of sp³-hybridized carbons (Fsp3) is 0.467. The summed E-state index contributed by atoms with van der Waals surface area (Å²) in [5.74, 6) is 0.371. The van der Waals surface area contributed by atoms with Gasteiger partial charge < -0.3 is 14.4 Å². The van der Waals surface area contributed by atoms with Gasteiger partial charge in [0.1, 0.15) is 0 Å². The van der Waals surface area contributed by atoms with Crippen LogP contribution in [0.3, 0.4) is 0 Å². The molecule has 6 heteroatoms. The molecule has 2 aliphatic heterocycles. The average Bonchev–Trinajstić information content (AvgIpc) is 2.96. The van der Waals surface area contributed by atoms with E-state index in [4.69, 9.17) is 21.1 Å². The predicted octanol–water partition coefficient (Wildman–Crippen LogP) is 2.63. The van der Waals surface area contributed by atoms with Crippen molar-refractivity contribution in [3.8, 4) is 0 Å². The number of hydrogen-bond donors (Lipinski definition) is 0. The fourth-order valence-electron chi connectivity index (χ4n) is 3.02. The van der Waals surface area contributed by atoms with Crippen molar-refractivity contribution in [1.82, 2.24) is 9.97 Å². The van der Waals surface area contributed by atoms with E-state index in [0.717, 1.165) is 42.8 Å². The second-order valence-electron chi connectivity index (χ2n) is 5.42. The highest BCUT2D eigenvalue weighted by Gasteiger charge is 2.40. The summed E-state index contributed by atoms with van der Waals surface area (Å²) in [4.78, 5) is 11.3. The molecule has 3 heterocycles. The Morgan fingerprint density at radius 1 is 1.00 bits per heavy atom. The summed E-state index contributed by atoms with van der Waals surface area (Å²) in [6, 6.07) is 7.77. The van der Waals surface area contributed by atoms with E-state index in [1.165, 1.54) is 0 Å². The SMILES string of the molecule is Clc1nc2ccccc2nc1N1CCC2(CC1)OCCO2. The third kappa shape index (κ3) is 2.35. The molecule has 2 aliphatic rings. The Hall–Kier alpha value is -1.43. The van der Waals surface area contributed by atoms with E-state index >= 15 is 0 Å². The molecule has 0 atom stereocenters. The molecule has 2 saturated heterocycles. The lowest BCUT2D eigenvalue weighted by Crippen LogP contribution is -2.45. The van der Waals surface area contributed by atoms with Crippen molar-refractivity contribution in [2.75, 3.05) is 31.2 Å². The van der Waals surface area contributed by atoms with E-state index in [2.05, 4.69) is 14.9 Å². The summed E-state index contributed by atoms with van der Waals surface area (Å²) in [5.41, 5.74) is 1.69. The Balaban J connectivity index is 1.60. The molecule has 0 amide bonds. The fourth-order valence-corrected chi connectivity index (χ4v) is 3.27. The minimum atomic E-state index is -0.382. The molecule has 0 bridgehead atoms. The van der Waals surface area contributed by atoms with Crippen LogP contribution in [0.15, 0.2) is 24.3 Å².